The molecule has 0 aliphatic carbocycles. The van der Waals surface area contributed by atoms with E-state index in [1.54, 1.807) is 24.3 Å². The molecule has 1 heterocycles. The van der Waals surface area contributed by atoms with Crippen LogP contribution in [0, 0.1) is 0 Å². The monoisotopic (exact) mass is 267 g/mol. The summed E-state index contributed by atoms with van der Waals surface area (Å²) in [5.74, 6) is -0.314. The van der Waals surface area contributed by atoms with E-state index < -0.39 is 5.97 Å². The number of hydrogen-bond donors (Lipinski definition) is 1. The van der Waals surface area contributed by atoms with Crippen LogP contribution in [0.4, 0.5) is 0 Å². The minimum atomic E-state index is -0.925. The number of carboxylic acid groups (broad SMARTS) is 1. The Morgan fingerprint density at radius 1 is 1.15 bits per heavy atom. The highest BCUT2D eigenvalue weighted by molar-refractivity contribution is 5.87. The molecule has 2 aromatic carbocycles. The third-order valence-electron chi connectivity index (χ3n) is 3.34. The molecule has 1 atom stereocenters. The molecule has 100 valence electrons. The van der Waals surface area contributed by atoms with Crippen molar-refractivity contribution >= 4 is 17.1 Å². The molecule has 3 rings (SSSR count). The van der Waals surface area contributed by atoms with Crippen LogP contribution >= 0.6 is 0 Å². The van der Waals surface area contributed by atoms with Crippen molar-refractivity contribution in [3.8, 4) is 0 Å². The van der Waals surface area contributed by atoms with Gasteiger partial charge < -0.3 is 9.52 Å². The molecule has 1 aromatic heterocycles. The Labute approximate surface area is 115 Å². The number of aromatic nitrogens is 1. The predicted molar refractivity (Wildman–Crippen MR) is 74.9 cm³/mol. The maximum atomic E-state index is 10.8. The third kappa shape index (κ3) is 2.16. The first-order valence-corrected chi connectivity index (χ1v) is 6.34. The Morgan fingerprint density at radius 3 is 2.50 bits per heavy atom. The van der Waals surface area contributed by atoms with Crippen molar-refractivity contribution in [3.63, 3.8) is 0 Å². The molecule has 4 nitrogen and oxygen atoms in total. The smallest absolute Gasteiger partial charge is 0.335 e. The third-order valence-corrected chi connectivity index (χ3v) is 3.34. The summed E-state index contributed by atoms with van der Waals surface area (Å²) in [6.07, 6.45) is 0. The highest BCUT2D eigenvalue weighted by Gasteiger charge is 2.15. The number of carbonyl (C=O) groups is 1. The first-order chi connectivity index (χ1) is 9.65. The molecule has 0 aliphatic rings. The molecule has 1 unspecified atom stereocenters. The normalized spacial score (nSPS) is 12.4. The van der Waals surface area contributed by atoms with Gasteiger partial charge in [0, 0.05) is 0 Å². The van der Waals surface area contributed by atoms with Crippen molar-refractivity contribution in [2.75, 3.05) is 0 Å². The summed E-state index contributed by atoms with van der Waals surface area (Å²) in [4.78, 5) is 15.3. The molecule has 20 heavy (non-hydrogen) atoms. The van der Waals surface area contributed by atoms with E-state index in [1.165, 1.54) is 0 Å². The Bertz CT molecular complexity index is 726. The van der Waals surface area contributed by atoms with E-state index in [9.17, 15) is 4.79 Å². The van der Waals surface area contributed by atoms with Gasteiger partial charge in [-0.05, 0) is 36.8 Å². The Kier molecular flexibility index (Phi) is 2.99. The SMILES string of the molecule is CC(c1ccc(C(=O)O)cc1)c1nc2ccccc2o1. The van der Waals surface area contributed by atoms with Gasteiger partial charge in [0.2, 0.25) is 5.89 Å². The minimum absolute atomic E-state index is 0.0229. The molecule has 0 bridgehead atoms. The fourth-order valence-corrected chi connectivity index (χ4v) is 2.13. The number of hydrogen-bond acceptors (Lipinski definition) is 3. The quantitative estimate of drug-likeness (QED) is 0.786. The number of carboxylic acids is 1. The highest BCUT2D eigenvalue weighted by Crippen LogP contribution is 2.26. The van der Waals surface area contributed by atoms with Crippen LogP contribution in [0.5, 0.6) is 0 Å². The van der Waals surface area contributed by atoms with Gasteiger partial charge in [0.1, 0.15) is 5.52 Å². The molecule has 0 saturated heterocycles. The number of nitrogens with zero attached hydrogens (tertiary/aromatic N) is 1. The van der Waals surface area contributed by atoms with Crippen LogP contribution in [-0.2, 0) is 0 Å². The van der Waals surface area contributed by atoms with Crippen LogP contribution in [0.25, 0.3) is 11.1 Å². The summed E-state index contributed by atoms with van der Waals surface area (Å²) in [6.45, 7) is 1.99. The topological polar surface area (TPSA) is 63.3 Å². The lowest BCUT2D eigenvalue weighted by Crippen LogP contribution is -1.99. The van der Waals surface area contributed by atoms with Crippen LogP contribution in [0.2, 0.25) is 0 Å². The van der Waals surface area contributed by atoms with Gasteiger partial charge in [-0.25, -0.2) is 9.78 Å². The Hall–Kier alpha value is -2.62. The van der Waals surface area contributed by atoms with Gasteiger partial charge in [-0.2, -0.15) is 0 Å². The van der Waals surface area contributed by atoms with Crippen molar-refractivity contribution in [2.45, 2.75) is 12.8 Å². The molecular weight excluding hydrogens is 254 g/mol. The van der Waals surface area contributed by atoms with Crippen LogP contribution < -0.4 is 0 Å². The summed E-state index contributed by atoms with van der Waals surface area (Å²) in [7, 11) is 0. The number of benzene rings is 2. The Morgan fingerprint density at radius 2 is 1.85 bits per heavy atom. The van der Waals surface area contributed by atoms with Gasteiger partial charge in [-0.1, -0.05) is 24.3 Å². The molecule has 0 fully saturated rings. The second-order valence-electron chi connectivity index (χ2n) is 4.67. The number of para-hydroxylation sites is 2. The van der Waals surface area contributed by atoms with Gasteiger partial charge in [0.25, 0.3) is 0 Å². The summed E-state index contributed by atoms with van der Waals surface area (Å²) in [6, 6.07) is 14.4. The lowest BCUT2D eigenvalue weighted by molar-refractivity contribution is 0.0697. The fraction of sp³-hybridized carbons (Fsp3) is 0.125. The van der Waals surface area contributed by atoms with Crippen molar-refractivity contribution < 1.29 is 14.3 Å². The zero-order valence-corrected chi connectivity index (χ0v) is 10.9. The van der Waals surface area contributed by atoms with Gasteiger partial charge in [-0.15, -0.1) is 0 Å². The average Bonchev–Trinajstić information content (AvgIpc) is 2.90. The molecular formula is C16H13NO3. The number of rotatable bonds is 3. The first-order valence-electron chi connectivity index (χ1n) is 6.34. The predicted octanol–water partition coefficient (Wildman–Crippen LogP) is 3.68. The molecule has 0 radical (unpaired) electrons. The van der Waals surface area contributed by atoms with Crippen LogP contribution in [0.15, 0.2) is 52.9 Å². The van der Waals surface area contributed by atoms with E-state index in [2.05, 4.69) is 4.98 Å². The van der Waals surface area contributed by atoms with Gasteiger partial charge in [0.15, 0.2) is 5.58 Å². The van der Waals surface area contributed by atoms with E-state index in [0.29, 0.717) is 5.89 Å². The number of aromatic carboxylic acids is 1. The summed E-state index contributed by atoms with van der Waals surface area (Å²) in [5.41, 5.74) is 2.84. The van der Waals surface area contributed by atoms with E-state index in [4.69, 9.17) is 9.52 Å². The molecule has 3 aromatic rings. The first kappa shape index (κ1) is 12.4. The average molecular weight is 267 g/mol. The zero-order chi connectivity index (χ0) is 14.1. The molecule has 0 spiro atoms. The molecule has 1 N–H and O–H groups in total. The maximum Gasteiger partial charge on any atom is 0.335 e. The molecule has 0 aliphatic heterocycles. The summed E-state index contributed by atoms with van der Waals surface area (Å²) < 4.78 is 5.73. The van der Waals surface area contributed by atoms with Crippen LogP contribution in [0.1, 0.15) is 34.7 Å². The maximum absolute atomic E-state index is 10.8. The standard InChI is InChI=1S/C16H13NO3/c1-10(11-6-8-12(9-7-11)16(18)19)15-17-13-4-2-3-5-14(13)20-15/h2-10H,1H3,(H,18,19). The van der Waals surface area contributed by atoms with Gasteiger partial charge >= 0.3 is 5.97 Å². The second-order valence-corrected chi connectivity index (χ2v) is 4.67. The molecule has 0 saturated carbocycles. The zero-order valence-electron chi connectivity index (χ0n) is 10.9. The fourth-order valence-electron chi connectivity index (χ4n) is 2.13. The van der Waals surface area contributed by atoms with E-state index in [-0.39, 0.29) is 11.5 Å². The Balaban J connectivity index is 1.94. The lowest BCUT2D eigenvalue weighted by Gasteiger charge is -2.07. The second kappa shape index (κ2) is 4.81. The molecule has 4 heteroatoms. The summed E-state index contributed by atoms with van der Waals surface area (Å²) >= 11 is 0. The van der Waals surface area contributed by atoms with Crippen molar-refractivity contribution in [2.24, 2.45) is 0 Å². The highest BCUT2D eigenvalue weighted by atomic mass is 16.4. The summed E-state index contributed by atoms with van der Waals surface area (Å²) in [5, 5.41) is 8.90. The van der Waals surface area contributed by atoms with E-state index in [1.807, 2.05) is 31.2 Å². The van der Waals surface area contributed by atoms with Gasteiger partial charge in [-0.3, -0.25) is 0 Å². The minimum Gasteiger partial charge on any atom is -0.478 e. The number of oxazole rings is 1. The largest absolute Gasteiger partial charge is 0.478 e. The van der Waals surface area contributed by atoms with E-state index >= 15 is 0 Å². The molecule has 0 amide bonds. The lowest BCUT2D eigenvalue weighted by atomic mass is 10.00. The van der Waals surface area contributed by atoms with Crippen molar-refractivity contribution in [1.82, 2.24) is 4.98 Å². The van der Waals surface area contributed by atoms with Gasteiger partial charge in [0.05, 0.1) is 11.5 Å². The van der Waals surface area contributed by atoms with Crippen LogP contribution in [0.3, 0.4) is 0 Å². The van der Waals surface area contributed by atoms with Crippen molar-refractivity contribution in [1.29, 1.82) is 0 Å². The van der Waals surface area contributed by atoms with Crippen LogP contribution in [-0.4, -0.2) is 16.1 Å². The number of fused-ring (bicyclic) bond motifs is 1. The van der Waals surface area contributed by atoms with Crippen molar-refractivity contribution in [3.05, 3.63) is 65.5 Å². The van der Waals surface area contributed by atoms with E-state index in [0.717, 1.165) is 16.7 Å².